The summed E-state index contributed by atoms with van der Waals surface area (Å²) in [5, 5.41) is 1.22. The SMILES string of the molecule is CCOc1ccc2nc(C3(CN)CCC(C)CC3)sc2c1. The molecule has 0 amide bonds. The number of rotatable bonds is 4. The predicted octanol–water partition coefficient (Wildman–Crippen LogP) is 4.10. The Morgan fingerprint density at radius 3 is 2.81 bits per heavy atom. The molecular weight excluding hydrogens is 280 g/mol. The summed E-state index contributed by atoms with van der Waals surface area (Å²) in [6.07, 6.45) is 4.86. The molecule has 21 heavy (non-hydrogen) atoms. The van der Waals surface area contributed by atoms with Crippen LogP contribution in [0.25, 0.3) is 10.2 Å². The molecule has 1 saturated carbocycles. The van der Waals surface area contributed by atoms with Crippen LogP contribution in [0.15, 0.2) is 18.2 Å². The lowest BCUT2D eigenvalue weighted by Crippen LogP contribution is -2.38. The summed E-state index contributed by atoms with van der Waals surface area (Å²) >= 11 is 1.80. The summed E-state index contributed by atoms with van der Waals surface area (Å²) in [5.74, 6) is 1.75. The highest BCUT2D eigenvalue weighted by Gasteiger charge is 2.37. The average molecular weight is 304 g/mol. The van der Waals surface area contributed by atoms with Crippen molar-refractivity contribution in [2.24, 2.45) is 11.7 Å². The van der Waals surface area contributed by atoms with E-state index in [1.54, 1.807) is 11.3 Å². The third kappa shape index (κ3) is 2.79. The monoisotopic (exact) mass is 304 g/mol. The molecular formula is C17H24N2OS. The molecule has 1 heterocycles. The van der Waals surface area contributed by atoms with Crippen molar-refractivity contribution in [1.29, 1.82) is 0 Å². The zero-order valence-electron chi connectivity index (χ0n) is 12.9. The molecule has 3 nitrogen and oxygen atoms in total. The molecule has 0 spiro atoms. The normalized spacial score (nSPS) is 26.1. The molecule has 1 aliphatic carbocycles. The van der Waals surface area contributed by atoms with Crippen LogP contribution in [0.2, 0.25) is 0 Å². The smallest absolute Gasteiger partial charge is 0.120 e. The first-order valence-corrected chi connectivity index (χ1v) is 8.72. The molecule has 2 N–H and O–H groups in total. The van der Waals surface area contributed by atoms with Gasteiger partial charge in [0.25, 0.3) is 0 Å². The second-order valence-electron chi connectivity index (χ2n) is 6.25. The number of aromatic nitrogens is 1. The number of nitrogens with zero attached hydrogens (tertiary/aromatic N) is 1. The molecule has 1 aromatic carbocycles. The van der Waals surface area contributed by atoms with Crippen LogP contribution in [-0.2, 0) is 5.41 Å². The van der Waals surface area contributed by atoms with E-state index in [9.17, 15) is 0 Å². The fourth-order valence-electron chi connectivity index (χ4n) is 3.21. The molecule has 2 aromatic rings. The highest BCUT2D eigenvalue weighted by Crippen LogP contribution is 2.43. The van der Waals surface area contributed by atoms with E-state index >= 15 is 0 Å². The topological polar surface area (TPSA) is 48.1 Å². The summed E-state index contributed by atoms with van der Waals surface area (Å²) in [6, 6.07) is 6.18. The first-order valence-electron chi connectivity index (χ1n) is 7.91. The van der Waals surface area contributed by atoms with E-state index in [4.69, 9.17) is 15.5 Å². The van der Waals surface area contributed by atoms with E-state index < -0.39 is 0 Å². The van der Waals surface area contributed by atoms with Gasteiger partial charge in [-0.2, -0.15) is 0 Å². The fourth-order valence-corrected chi connectivity index (χ4v) is 4.46. The average Bonchev–Trinajstić information content (AvgIpc) is 2.92. The first-order chi connectivity index (χ1) is 10.2. The van der Waals surface area contributed by atoms with Crippen LogP contribution < -0.4 is 10.5 Å². The molecule has 4 heteroatoms. The summed E-state index contributed by atoms with van der Waals surface area (Å²) in [6.45, 7) is 5.75. The van der Waals surface area contributed by atoms with Crippen LogP contribution >= 0.6 is 11.3 Å². The Morgan fingerprint density at radius 1 is 1.38 bits per heavy atom. The van der Waals surface area contributed by atoms with Gasteiger partial charge in [-0.1, -0.05) is 6.92 Å². The van der Waals surface area contributed by atoms with E-state index in [1.165, 1.54) is 35.4 Å². The van der Waals surface area contributed by atoms with Crippen molar-refractivity contribution in [3.63, 3.8) is 0 Å². The summed E-state index contributed by atoms with van der Waals surface area (Å²) in [4.78, 5) is 4.89. The highest BCUT2D eigenvalue weighted by atomic mass is 32.1. The van der Waals surface area contributed by atoms with Crippen molar-refractivity contribution in [2.75, 3.05) is 13.2 Å². The van der Waals surface area contributed by atoms with Crippen LogP contribution in [0.1, 0.15) is 44.5 Å². The number of thiazole rings is 1. The van der Waals surface area contributed by atoms with E-state index in [-0.39, 0.29) is 5.41 Å². The molecule has 0 unspecified atom stereocenters. The number of ether oxygens (including phenoxy) is 1. The molecule has 0 bridgehead atoms. The van der Waals surface area contributed by atoms with Crippen LogP contribution in [0.5, 0.6) is 5.75 Å². The zero-order valence-corrected chi connectivity index (χ0v) is 13.7. The van der Waals surface area contributed by atoms with Gasteiger partial charge in [0.2, 0.25) is 0 Å². The molecule has 0 aliphatic heterocycles. The quantitative estimate of drug-likeness (QED) is 0.925. The van der Waals surface area contributed by atoms with Gasteiger partial charge in [-0.25, -0.2) is 4.98 Å². The van der Waals surface area contributed by atoms with Gasteiger partial charge in [-0.15, -0.1) is 11.3 Å². The Bertz CT molecular complexity index is 614. The molecule has 0 radical (unpaired) electrons. The fraction of sp³-hybridized carbons (Fsp3) is 0.588. The highest BCUT2D eigenvalue weighted by molar-refractivity contribution is 7.18. The van der Waals surface area contributed by atoms with Gasteiger partial charge in [0.05, 0.1) is 16.8 Å². The number of fused-ring (bicyclic) bond motifs is 1. The van der Waals surface area contributed by atoms with E-state index in [1.807, 2.05) is 13.0 Å². The Balaban J connectivity index is 1.95. The maximum atomic E-state index is 6.16. The zero-order chi connectivity index (χ0) is 14.9. The first kappa shape index (κ1) is 14.8. The lowest BCUT2D eigenvalue weighted by atomic mass is 9.71. The number of nitrogens with two attached hydrogens (primary N) is 1. The van der Waals surface area contributed by atoms with Crippen LogP contribution in [0.3, 0.4) is 0 Å². The third-order valence-electron chi connectivity index (χ3n) is 4.75. The van der Waals surface area contributed by atoms with Gasteiger partial charge in [0.15, 0.2) is 0 Å². The van der Waals surface area contributed by atoms with E-state index in [0.29, 0.717) is 13.2 Å². The summed E-state index contributed by atoms with van der Waals surface area (Å²) < 4.78 is 6.80. The van der Waals surface area contributed by atoms with Gasteiger partial charge >= 0.3 is 0 Å². The van der Waals surface area contributed by atoms with Crippen LogP contribution in [0, 0.1) is 5.92 Å². The van der Waals surface area contributed by atoms with E-state index in [2.05, 4.69) is 19.1 Å². The van der Waals surface area contributed by atoms with Crippen LogP contribution in [-0.4, -0.2) is 18.1 Å². The Labute approximate surface area is 130 Å². The minimum atomic E-state index is 0.0992. The molecule has 3 rings (SSSR count). The van der Waals surface area contributed by atoms with Gasteiger partial charge in [-0.3, -0.25) is 0 Å². The molecule has 1 fully saturated rings. The summed E-state index contributed by atoms with van der Waals surface area (Å²) in [7, 11) is 0. The van der Waals surface area contributed by atoms with Gasteiger partial charge in [0, 0.05) is 12.0 Å². The second kappa shape index (κ2) is 5.93. The Hall–Kier alpha value is -1.13. The lowest BCUT2D eigenvalue weighted by molar-refractivity contribution is 0.247. The molecule has 114 valence electrons. The van der Waals surface area contributed by atoms with Crippen molar-refractivity contribution >= 4 is 21.6 Å². The molecule has 1 aromatic heterocycles. The molecule has 1 aliphatic rings. The number of benzene rings is 1. The third-order valence-corrected chi connectivity index (χ3v) is 6.01. The number of hydrogen-bond donors (Lipinski definition) is 1. The van der Waals surface area contributed by atoms with E-state index in [0.717, 1.165) is 17.2 Å². The minimum absolute atomic E-state index is 0.0992. The lowest BCUT2D eigenvalue weighted by Gasteiger charge is -2.36. The Morgan fingerprint density at radius 2 is 2.14 bits per heavy atom. The maximum absolute atomic E-state index is 6.16. The van der Waals surface area contributed by atoms with Crippen molar-refractivity contribution in [1.82, 2.24) is 4.98 Å². The van der Waals surface area contributed by atoms with Gasteiger partial charge < -0.3 is 10.5 Å². The Kier molecular flexibility index (Phi) is 4.18. The standard InChI is InChI=1S/C17H24N2OS/c1-3-20-13-4-5-14-15(10-13)21-16(19-14)17(11-18)8-6-12(2)7-9-17/h4-5,10,12H,3,6-9,11,18H2,1-2H3. The van der Waals surface area contributed by atoms with Crippen molar-refractivity contribution in [2.45, 2.75) is 44.9 Å². The van der Waals surface area contributed by atoms with Crippen molar-refractivity contribution in [3.8, 4) is 5.75 Å². The predicted molar refractivity (Wildman–Crippen MR) is 89.2 cm³/mol. The van der Waals surface area contributed by atoms with Crippen molar-refractivity contribution < 1.29 is 4.74 Å². The number of hydrogen-bond acceptors (Lipinski definition) is 4. The van der Waals surface area contributed by atoms with Gasteiger partial charge in [0.1, 0.15) is 10.8 Å². The minimum Gasteiger partial charge on any atom is -0.494 e. The largest absolute Gasteiger partial charge is 0.494 e. The molecule has 0 atom stereocenters. The van der Waals surface area contributed by atoms with Gasteiger partial charge in [-0.05, 0) is 56.7 Å². The summed E-state index contributed by atoms with van der Waals surface area (Å²) in [5.41, 5.74) is 7.33. The second-order valence-corrected chi connectivity index (χ2v) is 7.28. The van der Waals surface area contributed by atoms with Crippen molar-refractivity contribution in [3.05, 3.63) is 23.2 Å². The van der Waals surface area contributed by atoms with Crippen LogP contribution in [0.4, 0.5) is 0 Å². The maximum Gasteiger partial charge on any atom is 0.120 e. The molecule has 0 saturated heterocycles.